The Morgan fingerprint density at radius 2 is 2.05 bits per heavy atom. The van der Waals surface area contributed by atoms with Crippen LogP contribution in [0.25, 0.3) is 0 Å². The molecule has 0 spiro atoms. The Bertz CT molecular complexity index is 658. The lowest BCUT2D eigenvalue weighted by Gasteiger charge is -2.25. The number of hydrogen-bond acceptors (Lipinski definition) is 4. The van der Waals surface area contributed by atoms with E-state index in [2.05, 4.69) is 5.32 Å². The van der Waals surface area contributed by atoms with Crippen LogP contribution in [0.4, 0.5) is 0 Å². The third kappa shape index (κ3) is 2.75. The number of carboxylic acids is 1. The number of dihydropyridines is 1. The van der Waals surface area contributed by atoms with Gasteiger partial charge in [0.2, 0.25) is 0 Å². The van der Waals surface area contributed by atoms with Crippen molar-refractivity contribution in [2.75, 3.05) is 0 Å². The van der Waals surface area contributed by atoms with Crippen molar-refractivity contribution in [3.05, 3.63) is 67.6 Å². The number of halogens is 1. The van der Waals surface area contributed by atoms with E-state index in [1.807, 2.05) is 0 Å². The maximum absolute atomic E-state index is 11.5. The lowest BCUT2D eigenvalue weighted by molar-refractivity contribution is -0.431. The molecule has 7 heteroatoms. The van der Waals surface area contributed by atoms with Crippen LogP contribution in [0.2, 0.25) is 5.02 Å². The molecule has 0 fully saturated rings. The Balaban J connectivity index is 2.70. The first-order valence-corrected chi connectivity index (χ1v) is 6.52. The summed E-state index contributed by atoms with van der Waals surface area (Å²) < 4.78 is 0. The first-order chi connectivity index (χ1) is 9.82. The van der Waals surface area contributed by atoms with Gasteiger partial charge in [-0.25, -0.2) is 4.79 Å². The van der Waals surface area contributed by atoms with Crippen LogP contribution < -0.4 is 5.32 Å². The molecule has 1 heterocycles. The number of allylic oxidation sites excluding steroid dienone is 3. The molecule has 1 atom stereocenters. The van der Waals surface area contributed by atoms with Gasteiger partial charge in [0, 0.05) is 10.7 Å². The first-order valence-electron chi connectivity index (χ1n) is 6.14. The van der Waals surface area contributed by atoms with Gasteiger partial charge in [-0.1, -0.05) is 23.7 Å². The summed E-state index contributed by atoms with van der Waals surface area (Å²) in [5.74, 6) is -2.16. The third-order valence-corrected chi connectivity index (χ3v) is 3.57. The smallest absolute Gasteiger partial charge is 0.334 e. The standard InChI is InChI=1S/C14H13ClN2O4/c1-7-11(14(18)19)12(9-4-3-5-10(15)6-9)13(17(20)21)8(2)16-7/h3-6,12,16H,1-2H3,(H,18,19). The summed E-state index contributed by atoms with van der Waals surface area (Å²) in [6.45, 7) is 3.14. The van der Waals surface area contributed by atoms with Gasteiger partial charge in [0.1, 0.15) is 5.92 Å². The van der Waals surface area contributed by atoms with Gasteiger partial charge in [-0.3, -0.25) is 10.1 Å². The molecule has 21 heavy (non-hydrogen) atoms. The minimum Gasteiger partial charge on any atom is -0.478 e. The summed E-state index contributed by atoms with van der Waals surface area (Å²) in [7, 11) is 0. The molecule has 1 aliphatic rings. The Hall–Kier alpha value is -2.34. The van der Waals surface area contributed by atoms with Crippen LogP contribution in [0.5, 0.6) is 0 Å². The van der Waals surface area contributed by atoms with Crippen molar-refractivity contribution in [2.24, 2.45) is 0 Å². The largest absolute Gasteiger partial charge is 0.478 e. The zero-order valence-corrected chi connectivity index (χ0v) is 12.1. The maximum Gasteiger partial charge on any atom is 0.334 e. The highest BCUT2D eigenvalue weighted by molar-refractivity contribution is 6.30. The van der Waals surface area contributed by atoms with E-state index in [4.69, 9.17) is 11.6 Å². The van der Waals surface area contributed by atoms with Crippen LogP contribution in [0.15, 0.2) is 46.9 Å². The molecule has 0 bridgehead atoms. The van der Waals surface area contributed by atoms with Gasteiger partial charge in [-0.2, -0.15) is 0 Å². The van der Waals surface area contributed by atoms with Gasteiger partial charge >= 0.3 is 5.97 Å². The minimum absolute atomic E-state index is 0.0467. The molecule has 0 saturated heterocycles. The number of carboxylic acid groups (broad SMARTS) is 1. The predicted molar refractivity (Wildman–Crippen MR) is 77.4 cm³/mol. The molecule has 110 valence electrons. The number of aliphatic carboxylic acids is 1. The van der Waals surface area contributed by atoms with Gasteiger partial charge in [-0.05, 0) is 31.5 Å². The van der Waals surface area contributed by atoms with Crippen molar-refractivity contribution in [3.63, 3.8) is 0 Å². The Labute approximate surface area is 125 Å². The van der Waals surface area contributed by atoms with E-state index in [1.165, 1.54) is 0 Å². The first kappa shape index (κ1) is 15.1. The summed E-state index contributed by atoms with van der Waals surface area (Å²) in [6, 6.07) is 6.45. The van der Waals surface area contributed by atoms with E-state index in [0.29, 0.717) is 22.0 Å². The normalized spacial score (nSPS) is 18.5. The highest BCUT2D eigenvalue weighted by atomic mass is 35.5. The molecule has 6 nitrogen and oxygen atoms in total. The molecule has 0 amide bonds. The number of benzene rings is 1. The highest BCUT2D eigenvalue weighted by Crippen LogP contribution is 2.38. The Morgan fingerprint density at radius 1 is 1.38 bits per heavy atom. The third-order valence-electron chi connectivity index (χ3n) is 3.33. The maximum atomic E-state index is 11.5. The fourth-order valence-electron chi connectivity index (χ4n) is 2.52. The van der Waals surface area contributed by atoms with Crippen molar-refractivity contribution in [3.8, 4) is 0 Å². The zero-order chi connectivity index (χ0) is 15.7. The van der Waals surface area contributed by atoms with Crippen LogP contribution in [0, 0.1) is 10.1 Å². The fourth-order valence-corrected chi connectivity index (χ4v) is 2.72. The number of nitro groups is 1. The molecular formula is C14H13ClN2O4. The second-order valence-corrected chi connectivity index (χ2v) is 5.16. The second-order valence-electron chi connectivity index (χ2n) is 4.72. The molecule has 1 unspecified atom stereocenters. The second kappa shape index (κ2) is 5.57. The topological polar surface area (TPSA) is 92.5 Å². The molecule has 2 rings (SSSR count). The summed E-state index contributed by atoms with van der Waals surface area (Å²) in [5.41, 5.74) is 0.963. The quantitative estimate of drug-likeness (QED) is 0.661. The SMILES string of the molecule is CC1=C(C(=O)O)C(c2cccc(Cl)c2)C([N+](=O)[O-])=C(C)N1. The number of rotatable bonds is 3. The van der Waals surface area contributed by atoms with Crippen LogP contribution in [-0.2, 0) is 4.79 Å². The summed E-state index contributed by atoms with van der Waals surface area (Å²) in [6.07, 6.45) is 0. The van der Waals surface area contributed by atoms with Crippen LogP contribution >= 0.6 is 11.6 Å². The van der Waals surface area contributed by atoms with Crippen molar-refractivity contribution in [2.45, 2.75) is 19.8 Å². The van der Waals surface area contributed by atoms with Gasteiger partial charge < -0.3 is 10.4 Å². The number of nitrogens with zero attached hydrogens (tertiary/aromatic N) is 1. The molecule has 1 aliphatic heterocycles. The number of hydrogen-bond donors (Lipinski definition) is 2. The van der Waals surface area contributed by atoms with E-state index >= 15 is 0 Å². The lowest BCUT2D eigenvalue weighted by atomic mass is 9.84. The average molecular weight is 309 g/mol. The van der Waals surface area contributed by atoms with E-state index in [-0.39, 0.29) is 11.3 Å². The molecule has 0 aromatic heterocycles. The van der Waals surface area contributed by atoms with Gasteiger partial charge in [0.15, 0.2) is 0 Å². The molecular weight excluding hydrogens is 296 g/mol. The van der Waals surface area contributed by atoms with Crippen molar-refractivity contribution >= 4 is 17.6 Å². The molecule has 2 N–H and O–H groups in total. The Kier molecular flexibility index (Phi) is 3.99. The van der Waals surface area contributed by atoms with Gasteiger partial charge in [-0.15, -0.1) is 0 Å². The Morgan fingerprint density at radius 3 is 2.57 bits per heavy atom. The highest BCUT2D eigenvalue weighted by Gasteiger charge is 2.40. The lowest BCUT2D eigenvalue weighted by Crippen LogP contribution is -2.30. The van der Waals surface area contributed by atoms with Crippen molar-refractivity contribution in [1.29, 1.82) is 0 Å². The van der Waals surface area contributed by atoms with E-state index in [1.54, 1.807) is 38.1 Å². The van der Waals surface area contributed by atoms with Gasteiger partial charge in [0.05, 0.1) is 16.2 Å². The van der Waals surface area contributed by atoms with Crippen molar-refractivity contribution in [1.82, 2.24) is 5.32 Å². The van der Waals surface area contributed by atoms with Crippen LogP contribution in [0.1, 0.15) is 25.3 Å². The zero-order valence-electron chi connectivity index (χ0n) is 11.4. The average Bonchev–Trinajstić information content (AvgIpc) is 2.36. The minimum atomic E-state index is -1.20. The summed E-state index contributed by atoms with van der Waals surface area (Å²) in [4.78, 5) is 22.3. The van der Waals surface area contributed by atoms with Gasteiger partial charge in [0.25, 0.3) is 5.70 Å². The molecule has 1 aromatic rings. The molecule has 0 aliphatic carbocycles. The number of nitrogens with one attached hydrogen (secondary N) is 1. The molecule has 0 radical (unpaired) electrons. The van der Waals surface area contributed by atoms with Crippen LogP contribution in [-0.4, -0.2) is 16.0 Å². The summed E-state index contributed by atoms with van der Waals surface area (Å²) >= 11 is 5.93. The molecule has 0 saturated carbocycles. The summed E-state index contributed by atoms with van der Waals surface area (Å²) in [5, 5.41) is 23.9. The van der Waals surface area contributed by atoms with E-state index < -0.39 is 16.8 Å². The molecule has 1 aromatic carbocycles. The van der Waals surface area contributed by atoms with Crippen LogP contribution in [0.3, 0.4) is 0 Å². The predicted octanol–water partition coefficient (Wildman–Crippen LogP) is 2.89. The fraction of sp³-hybridized carbons (Fsp3) is 0.214. The van der Waals surface area contributed by atoms with E-state index in [9.17, 15) is 20.0 Å². The monoisotopic (exact) mass is 308 g/mol. The van der Waals surface area contributed by atoms with Crippen molar-refractivity contribution < 1.29 is 14.8 Å². The number of carbonyl (C=O) groups is 1. The van der Waals surface area contributed by atoms with E-state index in [0.717, 1.165) is 0 Å².